The molecule has 0 saturated heterocycles. The number of nitrogens with zero attached hydrogens (tertiary/aromatic N) is 1. The lowest BCUT2D eigenvalue weighted by Crippen LogP contribution is -2.39. The van der Waals surface area contributed by atoms with Crippen LogP contribution in [0.3, 0.4) is 0 Å². The van der Waals surface area contributed by atoms with Crippen molar-refractivity contribution in [2.45, 2.75) is 33.0 Å². The van der Waals surface area contributed by atoms with E-state index in [1.807, 2.05) is 6.92 Å². The largest absolute Gasteiger partial charge is 0.405 e. The fraction of sp³-hybridized carbons (Fsp3) is 0.500. The first-order chi connectivity index (χ1) is 7.70. The molecule has 96 valence electrons. The molecule has 2 N–H and O–H groups in total. The second kappa shape index (κ2) is 4.85. The molecule has 0 saturated carbocycles. The van der Waals surface area contributed by atoms with Crippen LogP contribution < -0.4 is 10.6 Å². The van der Waals surface area contributed by atoms with Gasteiger partial charge in [0.2, 0.25) is 0 Å². The van der Waals surface area contributed by atoms with E-state index < -0.39 is 12.7 Å². The fourth-order valence-electron chi connectivity index (χ4n) is 1.57. The van der Waals surface area contributed by atoms with E-state index >= 15 is 0 Å². The molecule has 5 heteroatoms. The number of nitrogen functional groups attached to an aromatic ring is 1. The fourth-order valence-corrected chi connectivity index (χ4v) is 1.57. The zero-order chi connectivity index (χ0) is 13.2. The van der Waals surface area contributed by atoms with Gasteiger partial charge in [0.25, 0.3) is 0 Å². The summed E-state index contributed by atoms with van der Waals surface area (Å²) in [5, 5.41) is 0. The molecule has 0 aromatic heterocycles. The van der Waals surface area contributed by atoms with Gasteiger partial charge in [-0.25, -0.2) is 0 Å². The van der Waals surface area contributed by atoms with Crippen LogP contribution in [0.25, 0.3) is 0 Å². The second-order valence-electron chi connectivity index (χ2n) is 4.38. The van der Waals surface area contributed by atoms with E-state index in [9.17, 15) is 13.2 Å². The lowest BCUT2D eigenvalue weighted by atomic mass is 10.1. The Morgan fingerprint density at radius 3 is 2.29 bits per heavy atom. The summed E-state index contributed by atoms with van der Waals surface area (Å²) < 4.78 is 37.4. The standard InChI is InChI=1S/C12H17F3N2/c1-8(2)17(7-12(13,14)15)10-5-4-9(3)11(16)6-10/h4-6,8H,7,16H2,1-3H3. The van der Waals surface area contributed by atoms with Crippen molar-refractivity contribution in [1.82, 2.24) is 0 Å². The summed E-state index contributed by atoms with van der Waals surface area (Å²) in [6.45, 7) is 4.30. The topological polar surface area (TPSA) is 29.3 Å². The molecule has 0 aliphatic carbocycles. The average molecular weight is 246 g/mol. The maximum absolute atomic E-state index is 12.5. The molecular formula is C12H17F3N2. The van der Waals surface area contributed by atoms with Crippen molar-refractivity contribution in [2.24, 2.45) is 0 Å². The van der Waals surface area contributed by atoms with E-state index in [-0.39, 0.29) is 6.04 Å². The lowest BCUT2D eigenvalue weighted by molar-refractivity contribution is -0.120. The van der Waals surface area contributed by atoms with Gasteiger partial charge in [0.1, 0.15) is 6.54 Å². The first-order valence-electron chi connectivity index (χ1n) is 5.40. The van der Waals surface area contributed by atoms with Crippen LogP contribution in [0.15, 0.2) is 18.2 Å². The van der Waals surface area contributed by atoms with Crippen molar-refractivity contribution in [3.63, 3.8) is 0 Å². The summed E-state index contributed by atoms with van der Waals surface area (Å²) in [5.74, 6) is 0. The van der Waals surface area contributed by atoms with Crippen molar-refractivity contribution in [1.29, 1.82) is 0 Å². The van der Waals surface area contributed by atoms with Gasteiger partial charge >= 0.3 is 6.18 Å². The van der Waals surface area contributed by atoms with Gasteiger partial charge in [-0.15, -0.1) is 0 Å². The first-order valence-corrected chi connectivity index (χ1v) is 5.40. The molecule has 0 bridgehead atoms. The van der Waals surface area contributed by atoms with Gasteiger partial charge in [-0.3, -0.25) is 0 Å². The van der Waals surface area contributed by atoms with Crippen molar-refractivity contribution < 1.29 is 13.2 Å². The average Bonchev–Trinajstić information content (AvgIpc) is 2.17. The number of hydrogen-bond acceptors (Lipinski definition) is 2. The van der Waals surface area contributed by atoms with Gasteiger partial charge in [-0.05, 0) is 38.5 Å². The summed E-state index contributed by atoms with van der Waals surface area (Å²) in [6.07, 6.45) is -4.22. The molecule has 0 heterocycles. The minimum Gasteiger partial charge on any atom is -0.398 e. The Balaban J connectivity index is 3.02. The van der Waals surface area contributed by atoms with Crippen LogP contribution in [0.1, 0.15) is 19.4 Å². The van der Waals surface area contributed by atoms with Crippen LogP contribution >= 0.6 is 0 Å². The number of aryl methyl sites for hydroxylation is 1. The van der Waals surface area contributed by atoms with Crippen molar-refractivity contribution in [3.8, 4) is 0 Å². The molecule has 0 fully saturated rings. The molecule has 0 radical (unpaired) electrons. The Bertz CT molecular complexity index is 386. The molecule has 0 aliphatic rings. The molecule has 0 aliphatic heterocycles. The molecule has 2 nitrogen and oxygen atoms in total. The Morgan fingerprint density at radius 1 is 1.29 bits per heavy atom. The highest BCUT2D eigenvalue weighted by atomic mass is 19.4. The van der Waals surface area contributed by atoms with Crippen LogP contribution in [0, 0.1) is 6.92 Å². The summed E-state index contributed by atoms with van der Waals surface area (Å²) in [4.78, 5) is 1.29. The predicted molar refractivity (Wildman–Crippen MR) is 64.1 cm³/mol. The maximum Gasteiger partial charge on any atom is 0.405 e. The van der Waals surface area contributed by atoms with Crippen molar-refractivity contribution in [3.05, 3.63) is 23.8 Å². The Morgan fingerprint density at radius 2 is 1.88 bits per heavy atom. The van der Waals surface area contributed by atoms with Gasteiger partial charge in [-0.2, -0.15) is 13.2 Å². The van der Waals surface area contributed by atoms with Gasteiger partial charge in [-0.1, -0.05) is 6.07 Å². The second-order valence-corrected chi connectivity index (χ2v) is 4.38. The van der Waals surface area contributed by atoms with E-state index in [2.05, 4.69) is 0 Å². The van der Waals surface area contributed by atoms with Crippen molar-refractivity contribution in [2.75, 3.05) is 17.2 Å². The molecule has 0 amide bonds. The van der Waals surface area contributed by atoms with Gasteiger partial charge in [0.15, 0.2) is 0 Å². The smallest absolute Gasteiger partial charge is 0.398 e. The van der Waals surface area contributed by atoms with E-state index in [0.29, 0.717) is 11.4 Å². The molecule has 0 atom stereocenters. The number of halogens is 3. The minimum atomic E-state index is -4.22. The molecule has 1 rings (SSSR count). The zero-order valence-corrected chi connectivity index (χ0v) is 10.2. The molecule has 0 unspecified atom stereocenters. The van der Waals surface area contributed by atoms with E-state index in [0.717, 1.165) is 5.56 Å². The van der Waals surface area contributed by atoms with E-state index in [1.165, 1.54) is 4.90 Å². The SMILES string of the molecule is Cc1ccc(N(CC(F)(F)F)C(C)C)cc1N. The summed E-state index contributed by atoms with van der Waals surface area (Å²) in [5.41, 5.74) is 7.59. The van der Waals surface area contributed by atoms with Crippen LogP contribution in [0.5, 0.6) is 0 Å². The molecular weight excluding hydrogens is 229 g/mol. The number of hydrogen-bond donors (Lipinski definition) is 1. The third kappa shape index (κ3) is 3.84. The summed E-state index contributed by atoms with van der Waals surface area (Å²) in [7, 11) is 0. The highest BCUT2D eigenvalue weighted by Crippen LogP contribution is 2.26. The van der Waals surface area contributed by atoms with Crippen LogP contribution in [0.4, 0.5) is 24.5 Å². The number of nitrogens with two attached hydrogens (primary N) is 1. The Kier molecular flexibility index (Phi) is 3.91. The highest BCUT2D eigenvalue weighted by molar-refractivity contribution is 5.60. The highest BCUT2D eigenvalue weighted by Gasteiger charge is 2.32. The number of benzene rings is 1. The normalized spacial score (nSPS) is 11.9. The number of anilines is 2. The number of rotatable bonds is 3. The predicted octanol–water partition coefficient (Wildman–Crippen LogP) is 3.35. The van der Waals surface area contributed by atoms with Gasteiger partial charge in [0.05, 0.1) is 0 Å². The number of alkyl halides is 3. The Labute approximate surface area is 99.2 Å². The molecule has 17 heavy (non-hydrogen) atoms. The zero-order valence-electron chi connectivity index (χ0n) is 10.2. The summed E-state index contributed by atoms with van der Waals surface area (Å²) in [6, 6.07) is 4.74. The maximum atomic E-state index is 12.5. The lowest BCUT2D eigenvalue weighted by Gasteiger charge is -2.30. The third-order valence-electron chi connectivity index (χ3n) is 2.57. The van der Waals surface area contributed by atoms with Crippen LogP contribution in [-0.2, 0) is 0 Å². The van der Waals surface area contributed by atoms with E-state index in [1.54, 1.807) is 32.0 Å². The first kappa shape index (κ1) is 13.7. The Hall–Kier alpha value is -1.39. The van der Waals surface area contributed by atoms with Gasteiger partial charge < -0.3 is 10.6 Å². The van der Waals surface area contributed by atoms with Gasteiger partial charge in [0, 0.05) is 17.4 Å². The van der Waals surface area contributed by atoms with Crippen molar-refractivity contribution >= 4 is 11.4 Å². The van der Waals surface area contributed by atoms with Crippen LogP contribution in [-0.4, -0.2) is 18.8 Å². The minimum absolute atomic E-state index is 0.237. The monoisotopic (exact) mass is 246 g/mol. The quantitative estimate of drug-likeness (QED) is 0.829. The third-order valence-corrected chi connectivity index (χ3v) is 2.57. The van der Waals surface area contributed by atoms with Crippen LogP contribution in [0.2, 0.25) is 0 Å². The summed E-state index contributed by atoms with van der Waals surface area (Å²) >= 11 is 0. The molecule has 1 aromatic carbocycles. The molecule has 0 spiro atoms. The molecule has 1 aromatic rings. The van der Waals surface area contributed by atoms with E-state index in [4.69, 9.17) is 5.73 Å².